The highest BCUT2D eigenvalue weighted by atomic mass is 79.9. The average molecular weight is 472 g/mol. The number of hydrogen-bond acceptors (Lipinski definition) is 3. The molecule has 0 aromatic heterocycles. The average Bonchev–Trinajstić information content (AvgIpc) is 3.42. The molecule has 1 aromatic rings. The van der Waals surface area contributed by atoms with Crippen molar-refractivity contribution in [3.63, 3.8) is 0 Å². The monoisotopic (exact) mass is 471 g/mol. The first kappa shape index (κ1) is 20.3. The second-order valence-corrected chi connectivity index (χ2v) is 10.6. The van der Waals surface area contributed by atoms with E-state index in [0.717, 1.165) is 55.2 Å². The van der Waals surface area contributed by atoms with Crippen LogP contribution in [-0.4, -0.2) is 24.4 Å². The van der Waals surface area contributed by atoms with Gasteiger partial charge >= 0.3 is 0 Å². The second-order valence-electron chi connectivity index (χ2n) is 9.68. The van der Waals surface area contributed by atoms with Gasteiger partial charge in [-0.15, -0.1) is 0 Å². The SMILES string of the molecule is NCC1CCC(NC(=O)[C@H]2[C@H](C(=O)Nc3ccc(Br)cc3)[C@@H]3C=C[C@H]2C32CC2)CC1. The highest BCUT2D eigenvalue weighted by molar-refractivity contribution is 9.10. The summed E-state index contributed by atoms with van der Waals surface area (Å²) in [5.74, 6) is 0.474. The van der Waals surface area contributed by atoms with E-state index in [2.05, 4.69) is 38.7 Å². The van der Waals surface area contributed by atoms with Gasteiger partial charge in [-0.25, -0.2) is 0 Å². The first-order valence-electron chi connectivity index (χ1n) is 11.3. The number of carbonyl (C=O) groups is 2. The summed E-state index contributed by atoms with van der Waals surface area (Å²) in [5.41, 5.74) is 6.74. The molecule has 6 heteroatoms. The zero-order valence-corrected chi connectivity index (χ0v) is 18.7. The molecule has 3 fully saturated rings. The van der Waals surface area contributed by atoms with E-state index in [9.17, 15) is 9.59 Å². The molecule has 0 aliphatic heterocycles. The molecule has 4 N–H and O–H groups in total. The highest BCUT2D eigenvalue weighted by Gasteiger charge is 2.69. The van der Waals surface area contributed by atoms with Crippen LogP contribution in [0.1, 0.15) is 38.5 Å². The summed E-state index contributed by atoms with van der Waals surface area (Å²) in [7, 11) is 0. The van der Waals surface area contributed by atoms with Gasteiger partial charge in [-0.05, 0) is 92.5 Å². The van der Waals surface area contributed by atoms with Crippen LogP contribution in [0.5, 0.6) is 0 Å². The van der Waals surface area contributed by atoms with E-state index >= 15 is 0 Å². The van der Waals surface area contributed by atoms with E-state index in [1.165, 1.54) is 0 Å². The molecule has 0 radical (unpaired) electrons. The summed E-state index contributed by atoms with van der Waals surface area (Å²) in [6.07, 6.45) is 10.8. The molecular formula is C24H30BrN3O2. The number of carbonyl (C=O) groups excluding carboxylic acids is 2. The van der Waals surface area contributed by atoms with Crippen molar-refractivity contribution in [2.45, 2.75) is 44.6 Å². The number of hydrogen-bond donors (Lipinski definition) is 3. The van der Waals surface area contributed by atoms with E-state index in [1.807, 2.05) is 24.3 Å². The fourth-order valence-corrected chi connectivity index (χ4v) is 6.57. The van der Waals surface area contributed by atoms with Crippen molar-refractivity contribution >= 4 is 33.4 Å². The van der Waals surface area contributed by atoms with Gasteiger partial charge in [0.05, 0.1) is 11.8 Å². The Morgan fingerprint density at radius 1 is 0.967 bits per heavy atom. The standard InChI is InChI=1S/C24H30BrN3O2/c25-15-3-7-17(8-4-15)28-23(30)21-19-10-9-18(24(19)11-12-24)20(21)22(29)27-16-5-1-14(13-26)2-6-16/h3-4,7-10,14,16,18-21H,1-2,5-6,11-13,26H2,(H,27,29)(H,28,30)/t14?,16?,18-,19+,20-,21-/m1/s1. The van der Waals surface area contributed by atoms with E-state index in [0.29, 0.717) is 5.92 Å². The van der Waals surface area contributed by atoms with E-state index in [4.69, 9.17) is 5.73 Å². The van der Waals surface area contributed by atoms with Crippen LogP contribution in [0.25, 0.3) is 0 Å². The lowest BCUT2D eigenvalue weighted by atomic mass is 9.80. The molecule has 160 valence electrons. The summed E-state index contributed by atoms with van der Waals surface area (Å²) < 4.78 is 0.974. The van der Waals surface area contributed by atoms with Crippen LogP contribution in [0.2, 0.25) is 0 Å². The number of benzene rings is 1. The topological polar surface area (TPSA) is 84.2 Å². The summed E-state index contributed by atoms with van der Waals surface area (Å²) in [6, 6.07) is 7.83. The maximum atomic E-state index is 13.4. The van der Waals surface area contributed by atoms with Gasteiger partial charge in [-0.2, -0.15) is 0 Å². The van der Waals surface area contributed by atoms with Gasteiger partial charge in [-0.1, -0.05) is 28.1 Å². The molecule has 0 unspecified atom stereocenters. The maximum absolute atomic E-state index is 13.4. The molecular weight excluding hydrogens is 442 g/mol. The Labute approximate surface area is 186 Å². The second kappa shape index (κ2) is 7.79. The quantitative estimate of drug-likeness (QED) is 0.570. The van der Waals surface area contributed by atoms with Crippen LogP contribution in [-0.2, 0) is 9.59 Å². The lowest BCUT2D eigenvalue weighted by Crippen LogP contribution is -2.46. The van der Waals surface area contributed by atoms with E-state index in [-0.39, 0.29) is 46.9 Å². The maximum Gasteiger partial charge on any atom is 0.228 e. The van der Waals surface area contributed by atoms with Crippen molar-refractivity contribution in [3.05, 3.63) is 40.9 Å². The van der Waals surface area contributed by atoms with Gasteiger partial charge in [0.15, 0.2) is 0 Å². The van der Waals surface area contributed by atoms with Gasteiger partial charge in [0.2, 0.25) is 11.8 Å². The van der Waals surface area contributed by atoms with Crippen molar-refractivity contribution in [2.75, 3.05) is 11.9 Å². The molecule has 4 aliphatic carbocycles. The molecule has 4 aliphatic rings. The molecule has 1 aromatic carbocycles. The van der Waals surface area contributed by atoms with Crippen LogP contribution in [0.3, 0.4) is 0 Å². The molecule has 0 saturated heterocycles. The Kier molecular flexibility index (Phi) is 5.26. The van der Waals surface area contributed by atoms with Crippen LogP contribution in [0.4, 0.5) is 5.69 Å². The Hall–Kier alpha value is -1.66. The van der Waals surface area contributed by atoms with Crippen LogP contribution in [0.15, 0.2) is 40.9 Å². The minimum atomic E-state index is -0.286. The van der Waals surface area contributed by atoms with Gasteiger partial charge < -0.3 is 16.4 Å². The van der Waals surface area contributed by atoms with Crippen molar-refractivity contribution in [1.29, 1.82) is 0 Å². The van der Waals surface area contributed by atoms with Crippen molar-refractivity contribution < 1.29 is 9.59 Å². The highest BCUT2D eigenvalue weighted by Crippen LogP contribution is 2.72. The van der Waals surface area contributed by atoms with Crippen molar-refractivity contribution in [1.82, 2.24) is 5.32 Å². The zero-order valence-electron chi connectivity index (χ0n) is 17.1. The Morgan fingerprint density at radius 2 is 1.57 bits per heavy atom. The van der Waals surface area contributed by atoms with Gasteiger partial charge in [0.25, 0.3) is 0 Å². The van der Waals surface area contributed by atoms with E-state index < -0.39 is 0 Å². The summed E-state index contributed by atoms with van der Waals surface area (Å²) in [4.78, 5) is 26.8. The number of amides is 2. The first-order chi connectivity index (χ1) is 14.5. The molecule has 3 saturated carbocycles. The van der Waals surface area contributed by atoms with Crippen molar-refractivity contribution in [3.8, 4) is 0 Å². The molecule has 4 atom stereocenters. The smallest absolute Gasteiger partial charge is 0.228 e. The number of nitrogens with one attached hydrogen (secondary N) is 2. The number of allylic oxidation sites excluding steroid dienone is 2. The van der Waals surface area contributed by atoms with Gasteiger partial charge in [0, 0.05) is 16.2 Å². The fourth-order valence-electron chi connectivity index (χ4n) is 6.31. The molecule has 5 rings (SSSR count). The van der Waals surface area contributed by atoms with Crippen LogP contribution in [0, 0.1) is 35.0 Å². The van der Waals surface area contributed by atoms with Gasteiger partial charge in [-0.3, -0.25) is 9.59 Å². The number of nitrogens with two attached hydrogens (primary N) is 1. The first-order valence-corrected chi connectivity index (χ1v) is 12.1. The molecule has 2 amide bonds. The summed E-state index contributed by atoms with van der Waals surface area (Å²) in [5, 5.41) is 6.39. The normalized spacial score (nSPS) is 35.4. The third-order valence-corrected chi connectivity index (χ3v) is 8.61. The lowest BCUT2D eigenvalue weighted by Gasteiger charge is -2.32. The molecule has 5 nitrogen and oxygen atoms in total. The largest absolute Gasteiger partial charge is 0.353 e. The third-order valence-electron chi connectivity index (χ3n) is 8.09. The lowest BCUT2D eigenvalue weighted by molar-refractivity contribution is -0.133. The van der Waals surface area contributed by atoms with Gasteiger partial charge in [0.1, 0.15) is 0 Å². The van der Waals surface area contributed by atoms with Crippen LogP contribution >= 0.6 is 15.9 Å². The Bertz CT molecular complexity index is 856. The molecule has 1 spiro atoms. The third kappa shape index (κ3) is 3.42. The molecule has 0 heterocycles. The predicted octanol–water partition coefficient (Wildman–Crippen LogP) is 3.85. The number of rotatable bonds is 5. The van der Waals surface area contributed by atoms with Crippen LogP contribution < -0.4 is 16.4 Å². The Balaban J connectivity index is 1.32. The predicted molar refractivity (Wildman–Crippen MR) is 120 cm³/mol. The Morgan fingerprint density at radius 3 is 2.13 bits per heavy atom. The minimum absolute atomic E-state index is 0.0209. The summed E-state index contributed by atoms with van der Waals surface area (Å²) >= 11 is 3.43. The zero-order chi connectivity index (χ0) is 20.9. The minimum Gasteiger partial charge on any atom is -0.353 e. The fraction of sp³-hybridized carbons (Fsp3) is 0.583. The number of anilines is 1. The number of halogens is 1. The molecule has 2 bridgehead atoms. The summed E-state index contributed by atoms with van der Waals surface area (Å²) in [6.45, 7) is 0.735. The van der Waals surface area contributed by atoms with E-state index in [1.54, 1.807) is 0 Å². The molecule has 30 heavy (non-hydrogen) atoms. The van der Waals surface area contributed by atoms with Crippen molar-refractivity contribution in [2.24, 2.45) is 40.7 Å².